The molecule has 1 amide bonds. The summed E-state index contributed by atoms with van der Waals surface area (Å²) in [5, 5.41) is 7.74. The van der Waals surface area contributed by atoms with Crippen molar-refractivity contribution in [2.45, 2.75) is 33.6 Å². The van der Waals surface area contributed by atoms with Crippen LogP contribution >= 0.6 is 0 Å². The lowest BCUT2D eigenvalue weighted by atomic mass is 10.1. The molecule has 0 fully saturated rings. The van der Waals surface area contributed by atoms with E-state index in [2.05, 4.69) is 44.9 Å². The molecule has 6 heteroatoms. The van der Waals surface area contributed by atoms with E-state index < -0.39 is 0 Å². The number of pyridine rings is 1. The summed E-state index contributed by atoms with van der Waals surface area (Å²) in [5.74, 6) is 0.902. The topological polar surface area (TPSA) is 69.6 Å². The number of para-hydroxylation sites is 1. The van der Waals surface area contributed by atoms with Crippen LogP contribution in [0, 0.1) is 0 Å². The molecule has 0 unspecified atom stereocenters. The summed E-state index contributed by atoms with van der Waals surface area (Å²) in [7, 11) is 0. The first-order valence-corrected chi connectivity index (χ1v) is 9.82. The van der Waals surface area contributed by atoms with Crippen LogP contribution < -0.4 is 10.6 Å². The van der Waals surface area contributed by atoms with Crippen LogP contribution in [0.15, 0.2) is 41.5 Å². The van der Waals surface area contributed by atoms with Crippen LogP contribution in [-0.4, -0.2) is 54.5 Å². The second-order valence-electron chi connectivity index (χ2n) is 6.25. The highest BCUT2D eigenvalue weighted by Crippen LogP contribution is 2.15. The molecule has 0 spiro atoms. The summed E-state index contributed by atoms with van der Waals surface area (Å²) in [6, 6.07) is 10.3. The number of hydrogen-bond acceptors (Lipinski definition) is 3. The van der Waals surface area contributed by atoms with E-state index in [1.54, 1.807) is 0 Å². The van der Waals surface area contributed by atoms with Gasteiger partial charge in [-0.15, -0.1) is 0 Å². The van der Waals surface area contributed by atoms with Crippen molar-refractivity contribution in [2.24, 2.45) is 4.99 Å². The monoisotopic (exact) mass is 369 g/mol. The smallest absolute Gasteiger partial charge is 0.224 e. The molecule has 0 aliphatic rings. The molecule has 2 N–H and O–H groups in total. The zero-order valence-electron chi connectivity index (χ0n) is 16.7. The second kappa shape index (κ2) is 11.2. The second-order valence-corrected chi connectivity index (χ2v) is 6.25. The van der Waals surface area contributed by atoms with E-state index in [9.17, 15) is 4.79 Å². The SMILES string of the molecule is CCNC(=NCCC(=O)N(CC)CC)NCCc1cccc2cccnc12. The van der Waals surface area contributed by atoms with Gasteiger partial charge in [0.05, 0.1) is 12.1 Å². The van der Waals surface area contributed by atoms with Gasteiger partial charge in [0.25, 0.3) is 0 Å². The average Bonchev–Trinajstić information content (AvgIpc) is 2.69. The predicted octanol–water partition coefficient (Wildman–Crippen LogP) is 2.59. The van der Waals surface area contributed by atoms with Crippen molar-refractivity contribution in [3.63, 3.8) is 0 Å². The van der Waals surface area contributed by atoms with E-state index in [4.69, 9.17) is 0 Å². The van der Waals surface area contributed by atoms with Gasteiger partial charge in [0.15, 0.2) is 5.96 Å². The van der Waals surface area contributed by atoms with Gasteiger partial charge in [-0.1, -0.05) is 24.3 Å². The number of amides is 1. The van der Waals surface area contributed by atoms with E-state index in [-0.39, 0.29) is 5.91 Å². The Balaban J connectivity index is 1.89. The molecule has 0 bridgehead atoms. The number of rotatable bonds is 9. The Hall–Kier alpha value is -2.63. The van der Waals surface area contributed by atoms with Crippen molar-refractivity contribution in [1.29, 1.82) is 0 Å². The van der Waals surface area contributed by atoms with Crippen molar-refractivity contribution in [2.75, 3.05) is 32.7 Å². The third-order valence-electron chi connectivity index (χ3n) is 4.46. The Morgan fingerprint density at radius 3 is 2.63 bits per heavy atom. The van der Waals surface area contributed by atoms with Gasteiger partial charge in [0.2, 0.25) is 5.91 Å². The minimum Gasteiger partial charge on any atom is -0.357 e. The first-order valence-electron chi connectivity index (χ1n) is 9.82. The molecular weight excluding hydrogens is 338 g/mol. The number of fused-ring (bicyclic) bond motifs is 1. The van der Waals surface area contributed by atoms with Gasteiger partial charge in [-0.05, 0) is 38.8 Å². The molecule has 1 aromatic heterocycles. The Morgan fingerprint density at radius 2 is 1.89 bits per heavy atom. The predicted molar refractivity (Wildman–Crippen MR) is 112 cm³/mol. The molecule has 0 radical (unpaired) electrons. The Labute approximate surface area is 162 Å². The highest BCUT2D eigenvalue weighted by molar-refractivity contribution is 5.82. The maximum absolute atomic E-state index is 12.1. The van der Waals surface area contributed by atoms with Crippen LogP contribution in [-0.2, 0) is 11.2 Å². The van der Waals surface area contributed by atoms with Gasteiger partial charge in [-0.3, -0.25) is 14.8 Å². The number of guanidine groups is 1. The Morgan fingerprint density at radius 1 is 1.11 bits per heavy atom. The fraction of sp³-hybridized carbons (Fsp3) is 0.476. The number of aliphatic imine (C=N–C) groups is 1. The summed E-state index contributed by atoms with van der Waals surface area (Å²) in [4.78, 5) is 22.9. The van der Waals surface area contributed by atoms with Crippen molar-refractivity contribution in [1.82, 2.24) is 20.5 Å². The minimum atomic E-state index is 0.154. The van der Waals surface area contributed by atoms with Crippen molar-refractivity contribution in [3.05, 3.63) is 42.1 Å². The molecule has 27 heavy (non-hydrogen) atoms. The molecule has 146 valence electrons. The van der Waals surface area contributed by atoms with Crippen LogP contribution in [0.5, 0.6) is 0 Å². The van der Waals surface area contributed by atoms with Gasteiger partial charge >= 0.3 is 0 Å². The van der Waals surface area contributed by atoms with E-state index in [0.29, 0.717) is 13.0 Å². The molecule has 6 nitrogen and oxygen atoms in total. The van der Waals surface area contributed by atoms with E-state index in [1.165, 1.54) is 5.56 Å². The molecule has 1 heterocycles. The number of carbonyl (C=O) groups is 1. The minimum absolute atomic E-state index is 0.154. The summed E-state index contributed by atoms with van der Waals surface area (Å²) >= 11 is 0. The molecule has 2 aromatic rings. The van der Waals surface area contributed by atoms with Crippen LogP contribution in [0.25, 0.3) is 10.9 Å². The molecular formula is C21H31N5O. The zero-order valence-corrected chi connectivity index (χ0v) is 16.7. The number of benzene rings is 1. The van der Waals surface area contributed by atoms with Crippen LogP contribution in [0.3, 0.4) is 0 Å². The summed E-state index contributed by atoms with van der Waals surface area (Å²) in [6.07, 6.45) is 3.13. The fourth-order valence-electron chi connectivity index (χ4n) is 3.02. The standard InChI is InChI=1S/C21H31N5O/c1-4-22-21(25-16-13-19(27)26(5-2)6-3)24-15-12-18-10-7-9-17-11-8-14-23-20(17)18/h7-11,14H,4-6,12-13,15-16H2,1-3H3,(H2,22,24,25). The Bertz CT molecular complexity index is 750. The quantitative estimate of drug-likeness (QED) is 0.527. The van der Waals surface area contributed by atoms with Crippen LogP contribution in [0.1, 0.15) is 32.8 Å². The lowest BCUT2D eigenvalue weighted by Gasteiger charge is -2.18. The normalized spacial score (nSPS) is 11.4. The van der Waals surface area contributed by atoms with E-state index in [0.717, 1.165) is 49.5 Å². The summed E-state index contributed by atoms with van der Waals surface area (Å²) in [6.45, 7) is 9.55. The number of nitrogens with one attached hydrogen (secondary N) is 2. The summed E-state index contributed by atoms with van der Waals surface area (Å²) < 4.78 is 0. The maximum Gasteiger partial charge on any atom is 0.224 e. The van der Waals surface area contributed by atoms with Crippen molar-refractivity contribution in [3.8, 4) is 0 Å². The summed E-state index contributed by atoms with van der Waals surface area (Å²) in [5.41, 5.74) is 2.27. The zero-order chi connectivity index (χ0) is 19.5. The van der Waals surface area contributed by atoms with Gasteiger partial charge in [0, 0.05) is 44.2 Å². The molecule has 0 aliphatic carbocycles. The van der Waals surface area contributed by atoms with Gasteiger partial charge < -0.3 is 15.5 Å². The third kappa shape index (κ3) is 6.24. The maximum atomic E-state index is 12.1. The first kappa shape index (κ1) is 20.7. The van der Waals surface area contributed by atoms with Crippen molar-refractivity contribution >= 4 is 22.8 Å². The van der Waals surface area contributed by atoms with Crippen LogP contribution in [0.4, 0.5) is 0 Å². The van der Waals surface area contributed by atoms with Crippen molar-refractivity contribution < 1.29 is 4.79 Å². The van der Waals surface area contributed by atoms with Crippen LogP contribution in [0.2, 0.25) is 0 Å². The number of hydrogen-bond donors (Lipinski definition) is 2. The third-order valence-corrected chi connectivity index (χ3v) is 4.46. The number of carbonyl (C=O) groups excluding carboxylic acids is 1. The lowest BCUT2D eigenvalue weighted by molar-refractivity contribution is -0.130. The van der Waals surface area contributed by atoms with E-state index in [1.807, 2.05) is 37.9 Å². The van der Waals surface area contributed by atoms with Gasteiger partial charge in [0.1, 0.15) is 0 Å². The lowest BCUT2D eigenvalue weighted by Crippen LogP contribution is -2.38. The van der Waals surface area contributed by atoms with Gasteiger partial charge in [-0.2, -0.15) is 0 Å². The fourth-order valence-corrected chi connectivity index (χ4v) is 3.02. The first-order chi connectivity index (χ1) is 13.2. The molecule has 0 saturated carbocycles. The highest BCUT2D eigenvalue weighted by Gasteiger charge is 2.08. The largest absolute Gasteiger partial charge is 0.357 e. The molecule has 0 atom stereocenters. The van der Waals surface area contributed by atoms with E-state index >= 15 is 0 Å². The highest BCUT2D eigenvalue weighted by atomic mass is 16.2. The molecule has 0 saturated heterocycles. The molecule has 0 aliphatic heterocycles. The average molecular weight is 370 g/mol. The molecule has 2 rings (SSSR count). The van der Waals surface area contributed by atoms with Gasteiger partial charge in [-0.25, -0.2) is 0 Å². The molecule has 1 aromatic carbocycles. The number of nitrogens with zero attached hydrogens (tertiary/aromatic N) is 3. The Kier molecular flexibility index (Phi) is 8.55. The number of aromatic nitrogens is 1.